The van der Waals surface area contributed by atoms with Gasteiger partial charge >= 0.3 is 0 Å². The molecule has 2 heterocycles. The molecule has 0 amide bonds. The van der Waals surface area contributed by atoms with Gasteiger partial charge in [-0.05, 0) is 0 Å². The first kappa shape index (κ1) is 9.13. The predicted molar refractivity (Wildman–Crippen MR) is 53.6 cm³/mol. The monoisotopic (exact) mass is 220 g/mol. The molecule has 2 saturated heterocycles. The summed E-state index contributed by atoms with van der Waals surface area (Å²) in [6, 6.07) is 7.98. The van der Waals surface area contributed by atoms with Crippen LogP contribution in [0.4, 0.5) is 0 Å². The van der Waals surface area contributed by atoms with Crippen molar-refractivity contribution in [3.05, 3.63) is 35.4 Å². The zero-order chi connectivity index (χ0) is 10.6. The van der Waals surface area contributed by atoms with Crippen molar-refractivity contribution >= 4 is 0 Å². The second-order valence-corrected chi connectivity index (χ2v) is 4.17. The maximum absolute atomic E-state index is 5.77. The summed E-state index contributed by atoms with van der Waals surface area (Å²) in [6.45, 7) is 2.34. The van der Waals surface area contributed by atoms with Crippen LogP contribution in [0.25, 0.3) is 0 Å². The minimum absolute atomic E-state index is 0.586. The largest absolute Gasteiger partial charge is 0.339 e. The molecule has 4 rings (SSSR count). The van der Waals surface area contributed by atoms with Crippen LogP contribution in [0.5, 0.6) is 0 Å². The molecule has 0 N–H and O–H groups in total. The first-order valence-electron chi connectivity index (χ1n) is 5.55. The highest BCUT2D eigenvalue weighted by atomic mass is 16.8. The van der Waals surface area contributed by atoms with Crippen LogP contribution in [0.1, 0.15) is 11.1 Å². The predicted octanol–water partition coefficient (Wildman–Crippen LogP) is 1.10. The summed E-state index contributed by atoms with van der Waals surface area (Å²) in [7, 11) is 0. The summed E-state index contributed by atoms with van der Waals surface area (Å²) in [5, 5.41) is 0. The first-order valence-corrected chi connectivity index (χ1v) is 5.55. The molecule has 0 saturated carbocycles. The van der Waals surface area contributed by atoms with Gasteiger partial charge in [0.2, 0.25) is 0 Å². The van der Waals surface area contributed by atoms with E-state index in [2.05, 4.69) is 0 Å². The van der Waals surface area contributed by atoms with E-state index < -0.39 is 11.6 Å². The standard InChI is InChI=1S/C12H12O4/c1-2-4-10-9(3-1)11(13-5-6-14-11)12(10)15-7-8-16-12/h1-4H,5-8H2. The Balaban J connectivity index is 1.93. The summed E-state index contributed by atoms with van der Waals surface area (Å²) in [4.78, 5) is 0. The molecule has 2 spiro atoms. The Morgan fingerprint density at radius 3 is 1.44 bits per heavy atom. The van der Waals surface area contributed by atoms with Gasteiger partial charge in [0.15, 0.2) is 0 Å². The topological polar surface area (TPSA) is 36.9 Å². The zero-order valence-electron chi connectivity index (χ0n) is 8.77. The van der Waals surface area contributed by atoms with Crippen LogP contribution in [0, 0.1) is 0 Å². The summed E-state index contributed by atoms with van der Waals surface area (Å²) >= 11 is 0. The lowest BCUT2D eigenvalue weighted by Gasteiger charge is -2.51. The molecule has 2 aliphatic heterocycles. The third kappa shape index (κ3) is 0.789. The number of rotatable bonds is 0. The zero-order valence-corrected chi connectivity index (χ0v) is 8.77. The first-order chi connectivity index (χ1) is 7.89. The molecule has 1 aromatic carbocycles. The van der Waals surface area contributed by atoms with Crippen molar-refractivity contribution in [2.45, 2.75) is 11.6 Å². The van der Waals surface area contributed by atoms with Gasteiger partial charge in [-0.2, -0.15) is 0 Å². The lowest BCUT2D eigenvalue weighted by Crippen LogP contribution is -2.60. The Kier molecular flexibility index (Phi) is 1.62. The normalized spacial score (nSPS) is 28.2. The smallest absolute Gasteiger partial charge is 0.256 e. The van der Waals surface area contributed by atoms with Crippen LogP contribution in [-0.2, 0) is 30.5 Å². The van der Waals surface area contributed by atoms with E-state index in [-0.39, 0.29) is 0 Å². The minimum Gasteiger partial charge on any atom is -0.339 e. The van der Waals surface area contributed by atoms with Crippen molar-refractivity contribution < 1.29 is 18.9 Å². The SMILES string of the molecule is c1ccc2c(c1)C1(OCCO1)C21OCCO1. The van der Waals surface area contributed by atoms with Crippen LogP contribution < -0.4 is 0 Å². The van der Waals surface area contributed by atoms with Crippen molar-refractivity contribution in [2.75, 3.05) is 26.4 Å². The molecule has 16 heavy (non-hydrogen) atoms. The van der Waals surface area contributed by atoms with Crippen LogP contribution in [0.15, 0.2) is 24.3 Å². The van der Waals surface area contributed by atoms with Gasteiger partial charge in [-0.1, -0.05) is 24.3 Å². The van der Waals surface area contributed by atoms with Crippen LogP contribution in [0.3, 0.4) is 0 Å². The van der Waals surface area contributed by atoms with Crippen molar-refractivity contribution in [1.82, 2.24) is 0 Å². The highest BCUT2D eigenvalue weighted by Crippen LogP contribution is 2.61. The number of ether oxygens (including phenoxy) is 4. The molecule has 2 fully saturated rings. The molecule has 0 bridgehead atoms. The number of fused-ring (bicyclic) bond motifs is 4. The lowest BCUT2D eigenvalue weighted by molar-refractivity contribution is -0.389. The number of hydrogen-bond acceptors (Lipinski definition) is 4. The van der Waals surface area contributed by atoms with Crippen molar-refractivity contribution in [3.63, 3.8) is 0 Å². The van der Waals surface area contributed by atoms with Gasteiger partial charge in [-0.15, -0.1) is 0 Å². The molecule has 3 aliphatic rings. The summed E-state index contributed by atoms with van der Waals surface area (Å²) in [5.41, 5.74) is 2.07. The van der Waals surface area contributed by atoms with Crippen LogP contribution in [0.2, 0.25) is 0 Å². The van der Waals surface area contributed by atoms with E-state index in [4.69, 9.17) is 18.9 Å². The molecule has 1 aliphatic carbocycles. The average molecular weight is 220 g/mol. The van der Waals surface area contributed by atoms with Crippen LogP contribution >= 0.6 is 0 Å². The molecule has 4 heteroatoms. The fourth-order valence-electron chi connectivity index (χ4n) is 2.87. The van der Waals surface area contributed by atoms with E-state index in [0.29, 0.717) is 26.4 Å². The van der Waals surface area contributed by atoms with Gasteiger partial charge in [-0.3, -0.25) is 0 Å². The quantitative estimate of drug-likeness (QED) is 0.656. The Hall–Kier alpha value is -0.940. The average Bonchev–Trinajstić information content (AvgIpc) is 3.01. The van der Waals surface area contributed by atoms with E-state index in [0.717, 1.165) is 11.1 Å². The highest BCUT2D eigenvalue weighted by Gasteiger charge is 2.71. The second-order valence-electron chi connectivity index (χ2n) is 4.17. The molecule has 0 unspecified atom stereocenters. The van der Waals surface area contributed by atoms with E-state index in [9.17, 15) is 0 Å². The summed E-state index contributed by atoms with van der Waals surface area (Å²) < 4.78 is 23.1. The maximum atomic E-state index is 5.77. The Bertz CT molecular complexity index is 389. The number of hydrogen-bond donors (Lipinski definition) is 0. The molecule has 0 atom stereocenters. The summed E-state index contributed by atoms with van der Waals surface area (Å²) in [6.07, 6.45) is 0. The molecule has 0 radical (unpaired) electrons. The van der Waals surface area contributed by atoms with E-state index in [1.165, 1.54) is 0 Å². The fourth-order valence-corrected chi connectivity index (χ4v) is 2.87. The van der Waals surface area contributed by atoms with Crippen molar-refractivity contribution in [2.24, 2.45) is 0 Å². The highest BCUT2D eigenvalue weighted by molar-refractivity contribution is 5.48. The van der Waals surface area contributed by atoms with Crippen LogP contribution in [-0.4, -0.2) is 26.4 Å². The Morgan fingerprint density at radius 2 is 1.06 bits per heavy atom. The number of benzene rings is 1. The van der Waals surface area contributed by atoms with E-state index >= 15 is 0 Å². The molecule has 0 aromatic heterocycles. The van der Waals surface area contributed by atoms with Gasteiger partial charge in [0.1, 0.15) is 0 Å². The van der Waals surface area contributed by atoms with Gasteiger partial charge in [0.25, 0.3) is 11.6 Å². The lowest BCUT2D eigenvalue weighted by atomic mass is 9.75. The molecule has 1 aromatic rings. The van der Waals surface area contributed by atoms with E-state index in [1.807, 2.05) is 24.3 Å². The summed E-state index contributed by atoms with van der Waals surface area (Å²) in [5.74, 6) is -1.64. The Labute approximate surface area is 93.1 Å². The minimum atomic E-state index is -0.819. The third-order valence-corrected chi connectivity index (χ3v) is 3.46. The van der Waals surface area contributed by atoms with Gasteiger partial charge in [0.05, 0.1) is 26.4 Å². The van der Waals surface area contributed by atoms with E-state index in [1.54, 1.807) is 0 Å². The van der Waals surface area contributed by atoms with Crippen molar-refractivity contribution in [3.8, 4) is 0 Å². The Morgan fingerprint density at radius 1 is 0.688 bits per heavy atom. The van der Waals surface area contributed by atoms with Gasteiger partial charge in [0, 0.05) is 11.1 Å². The van der Waals surface area contributed by atoms with Gasteiger partial charge in [-0.25, -0.2) is 0 Å². The maximum Gasteiger partial charge on any atom is 0.256 e. The fraction of sp³-hybridized carbons (Fsp3) is 0.500. The molecular formula is C12H12O4. The second kappa shape index (κ2) is 2.84. The van der Waals surface area contributed by atoms with Crippen molar-refractivity contribution in [1.29, 1.82) is 0 Å². The van der Waals surface area contributed by atoms with Gasteiger partial charge < -0.3 is 18.9 Å². The third-order valence-electron chi connectivity index (χ3n) is 3.46. The molecule has 4 nitrogen and oxygen atoms in total. The molecule has 84 valence electrons. The molecular weight excluding hydrogens is 208 g/mol.